The van der Waals surface area contributed by atoms with Crippen LogP contribution in [0.2, 0.25) is 0 Å². The highest BCUT2D eigenvalue weighted by atomic mass is 19.4. The summed E-state index contributed by atoms with van der Waals surface area (Å²) in [4.78, 5) is 23.8. The van der Waals surface area contributed by atoms with Crippen molar-refractivity contribution in [1.82, 2.24) is 0 Å². The van der Waals surface area contributed by atoms with Gasteiger partial charge in [0.05, 0.1) is 12.2 Å². The van der Waals surface area contributed by atoms with Crippen molar-refractivity contribution < 1.29 is 32.2 Å². The smallest absolute Gasteiger partial charge is 0.418 e. The fourth-order valence-corrected chi connectivity index (χ4v) is 2.43. The molecule has 0 radical (unpaired) electrons. The molecule has 0 heterocycles. The van der Waals surface area contributed by atoms with Gasteiger partial charge in [0, 0.05) is 5.56 Å². The van der Waals surface area contributed by atoms with Gasteiger partial charge in [-0.2, -0.15) is 13.2 Å². The number of carbonyl (C=O) groups excluding carboxylic acids is 2. The molecule has 4 nitrogen and oxygen atoms in total. The van der Waals surface area contributed by atoms with E-state index in [1.165, 1.54) is 13.0 Å². The minimum absolute atomic E-state index is 0.0377. The first kappa shape index (κ1) is 19.5. The average molecular weight is 366 g/mol. The maximum atomic E-state index is 13.6. The Bertz CT molecular complexity index is 798. The maximum Gasteiger partial charge on any atom is 0.418 e. The molecule has 0 saturated carbocycles. The average Bonchev–Trinajstić information content (AvgIpc) is 2.59. The number of alkyl halides is 3. The summed E-state index contributed by atoms with van der Waals surface area (Å²) in [6, 6.07) is 11.0. The van der Waals surface area contributed by atoms with E-state index in [1.807, 2.05) is 0 Å². The van der Waals surface area contributed by atoms with E-state index in [2.05, 4.69) is 0 Å². The van der Waals surface area contributed by atoms with E-state index in [0.29, 0.717) is 5.56 Å². The molecule has 0 saturated heterocycles. The number of esters is 1. The number of ketones is 1. The van der Waals surface area contributed by atoms with Gasteiger partial charge in [-0.15, -0.1) is 0 Å². The van der Waals surface area contributed by atoms with Crippen molar-refractivity contribution in [2.24, 2.45) is 0 Å². The lowest BCUT2D eigenvalue weighted by Crippen LogP contribution is -2.20. The Morgan fingerprint density at radius 1 is 1.04 bits per heavy atom. The Morgan fingerprint density at radius 3 is 2.23 bits per heavy atom. The van der Waals surface area contributed by atoms with Gasteiger partial charge in [0.1, 0.15) is 17.9 Å². The number of hydrogen-bond acceptors (Lipinski definition) is 4. The van der Waals surface area contributed by atoms with E-state index >= 15 is 0 Å². The van der Waals surface area contributed by atoms with Crippen LogP contribution < -0.4 is 4.74 Å². The fourth-order valence-electron chi connectivity index (χ4n) is 2.43. The molecular formula is C19H17F3O4. The minimum atomic E-state index is -4.92. The van der Waals surface area contributed by atoms with Crippen molar-refractivity contribution >= 4 is 11.8 Å². The molecule has 2 rings (SSSR count). The number of Topliss-reactive ketones (excluding diaryl/α,β-unsaturated/α-hetero) is 1. The first-order valence-corrected chi connectivity index (χ1v) is 7.84. The second-order valence-corrected chi connectivity index (χ2v) is 5.41. The lowest BCUT2D eigenvalue weighted by molar-refractivity contribution is -0.138. The summed E-state index contributed by atoms with van der Waals surface area (Å²) in [5, 5.41) is 0. The molecule has 0 aromatic heterocycles. The number of rotatable bonds is 6. The lowest BCUT2D eigenvalue weighted by Gasteiger charge is -2.19. The summed E-state index contributed by atoms with van der Waals surface area (Å²) in [6.07, 6.45) is -4.92. The molecule has 138 valence electrons. The predicted octanol–water partition coefficient (Wildman–Crippen LogP) is 4.66. The van der Waals surface area contributed by atoms with Crippen molar-refractivity contribution in [3.63, 3.8) is 0 Å². The number of halogens is 3. The van der Waals surface area contributed by atoms with Gasteiger partial charge in [0.2, 0.25) is 0 Å². The molecular weight excluding hydrogens is 349 g/mol. The molecule has 0 fully saturated rings. The van der Waals surface area contributed by atoms with E-state index in [9.17, 15) is 22.8 Å². The van der Waals surface area contributed by atoms with Crippen LogP contribution in [0.25, 0.3) is 0 Å². The zero-order valence-electron chi connectivity index (χ0n) is 14.2. The molecule has 0 spiro atoms. The molecule has 0 aliphatic carbocycles. The third-order valence-electron chi connectivity index (χ3n) is 3.55. The van der Waals surface area contributed by atoms with Crippen LogP contribution in [0.15, 0.2) is 42.5 Å². The molecule has 0 atom stereocenters. The molecule has 2 aromatic rings. The van der Waals surface area contributed by atoms with Crippen LogP contribution in [0.1, 0.15) is 45.7 Å². The lowest BCUT2D eigenvalue weighted by atomic mass is 9.97. The van der Waals surface area contributed by atoms with E-state index in [1.54, 1.807) is 30.3 Å². The van der Waals surface area contributed by atoms with Gasteiger partial charge in [-0.05, 0) is 31.5 Å². The van der Waals surface area contributed by atoms with Gasteiger partial charge in [0.25, 0.3) is 0 Å². The van der Waals surface area contributed by atoms with Gasteiger partial charge in [-0.3, -0.25) is 4.79 Å². The first-order chi connectivity index (χ1) is 12.3. The summed E-state index contributed by atoms with van der Waals surface area (Å²) >= 11 is 0. The van der Waals surface area contributed by atoms with E-state index in [-0.39, 0.29) is 19.0 Å². The second-order valence-electron chi connectivity index (χ2n) is 5.41. The maximum absolute atomic E-state index is 13.6. The fraction of sp³-hybridized carbons (Fsp3) is 0.263. The van der Waals surface area contributed by atoms with Crippen LogP contribution in [0.4, 0.5) is 13.2 Å². The monoisotopic (exact) mass is 366 g/mol. The summed E-state index contributed by atoms with van der Waals surface area (Å²) in [5.41, 5.74) is -2.02. The summed E-state index contributed by atoms with van der Waals surface area (Å²) in [5.74, 6) is -2.28. The molecule has 0 amide bonds. The SMILES string of the molecule is CCOC(=O)c1c(OCc2ccccc2)ccc(C(C)=O)c1C(F)(F)F. The Labute approximate surface area is 148 Å². The van der Waals surface area contributed by atoms with Gasteiger partial charge < -0.3 is 9.47 Å². The molecule has 0 aliphatic rings. The summed E-state index contributed by atoms with van der Waals surface area (Å²) in [6.45, 7) is 2.33. The molecule has 0 N–H and O–H groups in total. The van der Waals surface area contributed by atoms with Crippen molar-refractivity contribution in [1.29, 1.82) is 0 Å². The number of carbonyl (C=O) groups is 2. The number of benzene rings is 2. The molecule has 7 heteroatoms. The zero-order valence-corrected chi connectivity index (χ0v) is 14.2. The molecule has 26 heavy (non-hydrogen) atoms. The number of hydrogen-bond donors (Lipinski definition) is 0. The van der Waals surface area contributed by atoms with E-state index in [0.717, 1.165) is 13.0 Å². The highest BCUT2D eigenvalue weighted by molar-refractivity contribution is 6.02. The van der Waals surface area contributed by atoms with Crippen LogP contribution >= 0.6 is 0 Å². The second kappa shape index (κ2) is 8.03. The molecule has 0 bridgehead atoms. The van der Waals surface area contributed by atoms with Crippen molar-refractivity contribution in [2.75, 3.05) is 6.61 Å². The predicted molar refractivity (Wildman–Crippen MR) is 88.2 cm³/mol. The van der Waals surface area contributed by atoms with E-state index in [4.69, 9.17) is 9.47 Å². The Morgan fingerprint density at radius 2 is 1.69 bits per heavy atom. The van der Waals surface area contributed by atoms with Gasteiger partial charge >= 0.3 is 12.1 Å². The third kappa shape index (κ3) is 4.41. The van der Waals surface area contributed by atoms with Crippen molar-refractivity contribution in [3.05, 3.63) is 64.7 Å². The Hall–Kier alpha value is -2.83. The van der Waals surface area contributed by atoms with Gasteiger partial charge in [0.15, 0.2) is 5.78 Å². The first-order valence-electron chi connectivity index (χ1n) is 7.84. The standard InChI is InChI=1S/C19H17F3O4/c1-3-25-18(24)16-15(26-11-13-7-5-4-6-8-13)10-9-14(12(2)23)17(16)19(20,21)22/h4-10H,3,11H2,1-2H3. The molecule has 2 aromatic carbocycles. The Kier molecular flexibility index (Phi) is 6.02. The largest absolute Gasteiger partial charge is 0.488 e. The van der Waals surface area contributed by atoms with Gasteiger partial charge in [-0.25, -0.2) is 4.79 Å². The quantitative estimate of drug-likeness (QED) is 0.551. The topological polar surface area (TPSA) is 52.6 Å². The summed E-state index contributed by atoms with van der Waals surface area (Å²) in [7, 11) is 0. The minimum Gasteiger partial charge on any atom is -0.488 e. The van der Waals surface area contributed by atoms with Crippen LogP contribution in [-0.4, -0.2) is 18.4 Å². The van der Waals surface area contributed by atoms with Crippen LogP contribution in [-0.2, 0) is 17.5 Å². The highest BCUT2D eigenvalue weighted by Crippen LogP contribution is 2.39. The molecule has 0 aliphatic heterocycles. The van der Waals surface area contributed by atoms with Crippen LogP contribution in [0.5, 0.6) is 5.75 Å². The normalized spacial score (nSPS) is 11.1. The van der Waals surface area contributed by atoms with Crippen molar-refractivity contribution in [2.45, 2.75) is 26.6 Å². The highest BCUT2D eigenvalue weighted by Gasteiger charge is 2.41. The van der Waals surface area contributed by atoms with Crippen LogP contribution in [0.3, 0.4) is 0 Å². The zero-order chi connectivity index (χ0) is 19.3. The third-order valence-corrected chi connectivity index (χ3v) is 3.55. The van der Waals surface area contributed by atoms with Crippen molar-refractivity contribution in [3.8, 4) is 5.75 Å². The number of ether oxygens (including phenoxy) is 2. The van der Waals surface area contributed by atoms with Gasteiger partial charge in [-0.1, -0.05) is 30.3 Å². The summed E-state index contributed by atoms with van der Waals surface area (Å²) < 4.78 is 51.0. The van der Waals surface area contributed by atoms with Crippen LogP contribution in [0, 0.1) is 0 Å². The van der Waals surface area contributed by atoms with E-state index < -0.39 is 34.6 Å². The Balaban J connectivity index is 2.56. The molecule has 0 unspecified atom stereocenters.